The van der Waals surface area contributed by atoms with Crippen molar-refractivity contribution in [1.82, 2.24) is 10.2 Å². The maximum absolute atomic E-state index is 12.9. The van der Waals surface area contributed by atoms with Gasteiger partial charge in [-0.05, 0) is 48.9 Å². The summed E-state index contributed by atoms with van der Waals surface area (Å²) < 4.78 is 5.25. The molecule has 0 unspecified atom stereocenters. The van der Waals surface area contributed by atoms with Gasteiger partial charge in [0.25, 0.3) is 0 Å². The molecule has 0 heterocycles. The Morgan fingerprint density at radius 1 is 1.21 bits per heavy atom. The first-order valence-corrected chi connectivity index (χ1v) is 10.3. The lowest BCUT2D eigenvalue weighted by Crippen LogP contribution is -2.46. The number of carbonyl (C=O) groups excluding carboxylic acids is 2. The molecule has 0 aromatic heterocycles. The highest BCUT2D eigenvalue weighted by atomic mass is 35.5. The largest absolute Gasteiger partial charge is 0.497 e. The Morgan fingerprint density at radius 3 is 2.57 bits per heavy atom. The second-order valence-corrected chi connectivity index (χ2v) is 7.82. The Hall–Kier alpha value is -2.18. The zero-order chi connectivity index (χ0) is 20.5. The summed E-state index contributed by atoms with van der Waals surface area (Å²) in [6.45, 7) is 2.08. The van der Waals surface area contributed by atoms with E-state index in [-0.39, 0.29) is 11.8 Å². The van der Waals surface area contributed by atoms with Crippen molar-refractivity contribution in [2.45, 2.75) is 30.8 Å². The van der Waals surface area contributed by atoms with Crippen molar-refractivity contribution in [3.05, 3.63) is 59.1 Å². The molecule has 5 nitrogen and oxygen atoms in total. The van der Waals surface area contributed by atoms with Gasteiger partial charge in [-0.1, -0.05) is 23.7 Å². The molecular weight excluding hydrogens is 396 g/mol. The van der Waals surface area contributed by atoms with Gasteiger partial charge in [-0.2, -0.15) is 0 Å². The quantitative estimate of drug-likeness (QED) is 0.623. The summed E-state index contributed by atoms with van der Waals surface area (Å²) in [5.74, 6) is 1.08. The molecule has 0 fully saturated rings. The Morgan fingerprint density at radius 2 is 1.93 bits per heavy atom. The third-order valence-electron chi connectivity index (χ3n) is 4.30. The van der Waals surface area contributed by atoms with Crippen LogP contribution in [0.15, 0.2) is 53.4 Å². The molecule has 1 N–H and O–H groups in total. The number of carbonyl (C=O) groups is 2. The minimum absolute atomic E-state index is 0.0691. The number of nitrogens with one attached hydrogen (secondary N) is 1. The molecule has 2 aromatic carbocycles. The molecule has 0 saturated carbocycles. The number of likely N-dealkylation sites (N-methyl/N-ethyl adjacent to an activating group) is 1. The van der Waals surface area contributed by atoms with Gasteiger partial charge in [0.2, 0.25) is 11.8 Å². The van der Waals surface area contributed by atoms with E-state index < -0.39 is 6.04 Å². The molecule has 0 bridgehead atoms. The van der Waals surface area contributed by atoms with Crippen LogP contribution in [0.2, 0.25) is 5.02 Å². The van der Waals surface area contributed by atoms with Crippen LogP contribution in [-0.4, -0.2) is 42.7 Å². The van der Waals surface area contributed by atoms with E-state index in [0.29, 0.717) is 23.7 Å². The molecule has 150 valence electrons. The number of ether oxygens (including phenoxy) is 1. The predicted molar refractivity (Wildman–Crippen MR) is 114 cm³/mol. The molecule has 0 aliphatic carbocycles. The van der Waals surface area contributed by atoms with Crippen LogP contribution in [0.3, 0.4) is 0 Å². The topological polar surface area (TPSA) is 58.6 Å². The van der Waals surface area contributed by atoms with E-state index in [4.69, 9.17) is 16.3 Å². The van der Waals surface area contributed by atoms with Crippen LogP contribution in [0.25, 0.3) is 0 Å². The average Bonchev–Trinajstić information content (AvgIpc) is 2.72. The molecule has 0 aliphatic rings. The summed E-state index contributed by atoms with van der Waals surface area (Å²) in [4.78, 5) is 27.7. The van der Waals surface area contributed by atoms with Crippen molar-refractivity contribution in [1.29, 1.82) is 0 Å². The Balaban J connectivity index is 2.05. The summed E-state index contributed by atoms with van der Waals surface area (Å²) in [5.41, 5.74) is 0.911. The standard InChI is InChI=1S/C21H25ClN2O3S/c1-15(21(26)23-2)24(14-16-5-4-6-18(13-16)27-3)20(25)11-12-28-19-9-7-17(22)8-10-19/h4-10,13,15H,11-12,14H2,1-3H3,(H,23,26)/t15-/m1/s1. The molecule has 2 aromatic rings. The smallest absolute Gasteiger partial charge is 0.242 e. The van der Waals surface area contributed by atoms with E-state index in [1.807, 2.05) is 48.5 Å². The fourth-order valence-corrected chi connectivity index (χ4v) is 3.66. The van der Waals surface area contributed by atoms with Crippen molar-refractivity contribution in [3.63, 3.8) is 0 Å². The van der Waals surface area contributed by atoms with Crippen LogP contribution in [0.4, 0.5) is 0 Å². The van der Waals surface area contributed by atoms with Crippen LogP contribution in [-0.2, 0) is 16.1 Å². The molecule has 0 radical (unpaired) electrons. The third kappa shape index (κ3) is 6.46. The minimum Gasteiger partial charge on any atom is -0.497 e. The molecule has 2 amide bonds. The van der Waals surface area contributed by atoms with Gasteiger partial charge < -0.3 is 15.0 Å². The number of hydrogen-bond donors (Lipinski definition) is 1. The first kappa shape index (κ1) is 22.1. The molecule has 0 saturated heterocycles. The highest BCUT2D eigenvalue weighted by Crippen LogP contribution is 2.22. The lowest BCUT2D eigenvalue weighted by Gasteiger charge is -2.28. The summed E-state index contributed by atoms with van der Waals surface area (Å²) >= 11 is 7.48. The number of rotatable bonds is 9. The maximum atomic E-state index is 12.9. The van der Waals surface area contributed by atoms with Crippen LogP contribution < -0.4 is 10.1 Å². The van der Waals surface area contributed by atoms with Crippen LogP contribution >= 0.6 is 23.4 Å². The fourth-order valence-electron chi connectivity index (χ4n) is 2.69. The molecular formula is C21H25ClN2O3S. The lowest BCUT2D eigenvalue weighted by atomic mass is 10.1. The van der Waals surface area contributed by atoms with Gasteiger partial charge in [-0.25, -0.2) is 0 Å². The SMILES string of the molecule is CNC(=O)[C@@H](C)N(Cc1cccc(OC)c1)C(=O)CCSc1ccc(Cl)cc1. The van der Waals surface area contributed by atoms with Gasteiger partial charge in [0.15, 0.2) is 0 Å². The molecule has 0 aliphatic heterocycles. The normalized spacial score (nSPS) is 11.6. The van der Waals surface area contributed by atoms with Crippen molar-refractivity contribution in [2.24, 2.45) is 0 Å². The van der Waals surface area contributed by atoms with Crippen LogP contribution in [0, 0.1) is 0 Å². The number of halogens is 1. The number of thioether (sulfide) groups is 1. The van der Waals surface area contributed by atoms with E-state index >= 15 is 0 Å². The summed E-state index contributed by atoms with van der Waals surface area (Å²) in [7, 11) is 3.17. The van der Waals surface area contributed by atoms with Gasteiger partial charge in [-0.15, -0.1) is 11.8 Å². The third-order valence-corrected chi connectivity index (χ3v) is 5.56. The number of methoxy groups -OCH3 is 1. The first-order valence-electron chi connectivity index (χ1n) is 8.97. The molecule has 1 atom stereocenters. The van der Waals surface area contributed by atoms with Crippen molar-refractivity contribution in [2.75, 3.05) is 19.9 Å². The van der Waals surface area contributed by atoms with Gasteiger partial charge in [0.05, 0.1) is 7.11 Å². The average molecular weight is 421 g/mol. The molecule has 0 spiro atoms. The highest BCUT2D eigenvalue weighted by molar-refractivity contribution is 7.99. The second-order valence-electron chi connectivity index (χ2n) is 6.22. The van der Waals surface area contributed by atoms with E-state index in [1.165, 1.54) is 0 Å². The predicted octanol–water partition coefficient (Wildman–Crippen LogP) is 3.99. The van der Waals surface area contributed by atoms with Gasteiger partial charge >= 0.3 is 0 Å². The van der Waals surface area contributed by atoms with Crippen molar-refractivity contribution < 1.29 is 14.3 Å². The Labute approximate surface area is 175 Å². The summed E-state index contributed by atoms with van der Waals surface area (Å²) in [6.07, 6.45) is 0.332. The number of hydrogen-bond acceptors (Lipinski definition) is 4. The Bertz CT molecular complexity index is 798. The van der Waals surface area contributed by atoms with E-state index in [1.54, 1.807) is 37.7 Å². The van der Waals surface area contributed by atoms with Crippen LogP contribution in [0.1, 0.15) is 18.9 Å². The van der Waals surface area contributed by atoms with Crippen molar-refractivity contribution >= 4 is 35.2 Å². The van der Waals surface area contributed by atoms with Gasteiger partial charge in [0.1, 0.15) is 11.8 Å². The molecule has 28 heavy (non-hydrogen) atoms. The molecule has 7 heteroatoms. The first-order chi connectivity index (χ1) is 13.4. The minimum atomic E-state index is -0.566. The molecule has 2 rings (SSSR count). The lowest BCUT2D eigenvalue weighted by molar-refractivity contribution is -0.140. The van der Waals surface area contributed by atoms with E-state index in [2.05, 4.69) is 5.32 Å². The zero-order valence-corrected chi connectivity index (χ0v) is 17.8. The summed E-state index contributed by atoms with van der Waals surface area (Å²) in [6, 6.07) is 14.5. The Kier molecular flexibility index (Phi) is 8.67. The van der Waals surface area contributed by atoms with E-state index in [9.17, 15) is 9.59 Å². The number of benzene rings is 2. The van der Waals surface area contributed by atoms with Crippen molar-refractivity contribution in [3.8, 4) is 5.75 Å². The highest BCUT2D eigenvalue weighted by Gasteiger charge is 2.25. The van der Waals surface area contributed by atoms with Crippen LogP contribution in [0.5, 0.6) is 5.75 Å². The van der Waals surface area contributed by atoms with E-state index in [0.717, 1.165) is 16.2 Å². The second kappa shape index (κ2) is 11.0. The number of nitrogens with zero attached hydrogens (tertiary/aromatic N) is 1. The van der Waals surface area contributed by atoms with Gasteiger partial charge in [-0.3, -0.25) is 9.59 Å². The maximum Gasteiger partial charge on any atom is 0.242 e. The number of amides is 2. The fraction of sp³-hybridized carbons (Fsp3) is 0.333. The van der Waals surface area contributed by atoms with Gasteiger partial charge in [0, 0.05) is 35.7 Å². The monoisotopic (exact) mass is 420 g/mol. The zero-order valence-electron chi connectivity index (χ0n) is 16.3. The summed E-state index contributed by atoms with van der Waals surface area (Å²) in [5, 5.41) is 3.30.